The number of carbonyl (C=O) groups is 2. The third-order valence-corrected chi connectivity index (χ3v) is 4.80. The van der Waals surface area contributed by atoms with Gasteiger partial charge in [-0.25, -0.2) is 0 Å². The maximum Gasteiger partial charge on any atom is 0.256 e. The summed E-state index contributed by atoms with van der Waals surface area (Å²) in [5.41, 5.74) is 3.38. The summed E-state index contributed by atoms with van der Waals surface area (Å²) in [5.74, 6) is -0.371. The molecule has 0 saturated heterocycles. The number of benzene rings is 4. The van der Waals surface area contributed by atoms with Crippen molar-refractivity contribution < 1.29 is 9.59 Å². The van der Waals surface area contributed by atoms with Crippen LogP contribution in [0.3, 0.4) is 0 Å². The summed E-state index contributed by atoms with van der Waals surface area (Å²) >= 11 is 0. The number of hydrogen-bond donors (Lipinski definition) is 2. The van der Waals surface area contributed by atoms with Gasteiger partial charge in [-0.3, -0.25) is 9.59 Å². The first kappa shape index (κ1) is 18.4. The Morgan fingerprint density at radius 3 is 1.93 bits per heavy atom. The van der Waals surface area contributed by atoms with Crippen LogP contribution in [0.4, 0.5) is 11.4 Å². The van der Waals surface area contributed by atoms with E-state index < -0.39 is 0 Å². The Hall–Kier alpha value is -3.92. The zero-order chi connectivity index (χ0) is 20.2. The Morgan fingerprint density at radius 1 is 0.621 bits per heavy atom. The first-order valence-corrected chi connectivity index (χ1v) is 9.38. The van der Waals surface area contributed by atoms with Gasteiger partial charge in [0.05, 0.1) is 0 Å². The molecule has 4 rings (SSSR count). The molecule has 0 saturated carbocycles. The smallest absolute Gasteiger partial charge is 0.256 e. The summed E-state index contributed by atoms with van der Waals surface area (Å²) in [4.78, 5) is 25.4. The number of carbonyl (C=O) groups excluding carboxylic acids is 2. The van der Waals surface area contributed by atoms with Gasteiger partial charge >= 0.3 is 0 Å². The van der Waals surface area contributed by atoms with Crippen LogP contribution in [0.2, 0.25) is 0 Å². The van der Waals surface area contributed by atoms with Gasteiger partial charge in [-0.2, -0.15) is 0 Å². The van der Waals surface area contributed by atoms with Crippen molar-refractivity contribution in [2.24, 2.45) is 0 Å². The van der Waals surface area contributed by atoms with Crippen molar-refractivity contribution in [2.45, 2.75) is 6.92 Å². The molecule has 2 N–H and O–H groups in total. The van der Waals surface area contributed by atoms with Gasteiger partial charge in [0.1, 0.15) is 0 Å². The van der Waals surface area contributed by atoms with Gasteiger partial charge < -0.3 is 10.6 Å². The van der Waals surface area contributed by atoms with Crippen molar-refractivity contribution in [1.82, 2.24) is 0 Å². The van der Waals surface area contributed by atoms with E-state index >= 15 is 0 Å². The summed E-state index contributed by atoms with van der Waals surface area (Å²) in [6.45, 7) is 1.90. The van der Waals surface area contributed by atoms with Crippen molar-refractivity contribution in [3.63, 3.8) is 0 Å². The number of amides is 2. The third-order valence-electron chi connectivity index (χ3n) is 4.80. The molecule has 0 heterocycles. The van der Waals surface area contributed by atoms with E-state index in [0.717, 1.165) is 16.3 Å². The Kier molecular flexibility index (Phi) is 5.08. The van der Waals surface area contributed by atoms with Crippen LogP contribution in [0.15, 0.2) is 91.0 Å². The quantitative estimate of drug-likeness (QED) is 0.480. The van der Waals surface area contributed by atoms with E-state index in [0.29, 0.717) is 22.5 Å². The number of nitrogens with one attached hydrogen (secondary N) is 2. The zero-order valence-electron chi connectivity index (χ0n) is 16.0. The summed E-state index contributed by atoms with van der Waals surface area (Å²) in [6.07, 6.45) is 0. The average molecular weight is 380 g/mol. The molecule has 0 spiro atoms. The first-order chi connectivity index (χ1) is 14.1. The molecule has 4 aromatic rings. The topological polar surface area (TPSA) is 58.2 Å². The van der Waals surface area contributed by atoms with Crippen molar-refractivity contribution in [2.75, 3.05) is 10.6 Å². The molecule has 142 valence electrons. The van der Waals surface area contributed by atoms with Crippen molar-refractivity contribution >= 4 is 34.0 Å². The Morgan fingerprint density at radius 2 is 1.17 bits per heavy atom. The number of aryl methyl sites for hydroxylation is 1. The minimum absolute atomic E-state index is 0.180. The van der Waals surface area contributed by atoms with Gasteiger partial charge in [0.15, 0.2) is 0 Å². The summed E-state index contributed by atoms with van der Waals surface area (Å²) in [6, 6.07) is 28.0. The maximum absolute atomic E-state index is 12.8. The number of anilines is 2. The van der Waals surface area contributed by atoms with Crippen molar-refractivity contribution in [1.29, 1.82) is 0 Å². The molecule has 4 aromatic carbocycles. The fourth-order valence-corrected chi connectivity index (χ4v) is 3.32. The minimum Gasteiger partial charge on any atom is -0.322 e. The van der Waals surface area contributed by atoms with E-state index in [2.05, 4.69) is 10.6 Å². The van der Waals surface area contributed by atoms with Gasteiger partial charge in [-0.1, -0.05) is 60.7 Å². The molecule has 0 aliphatic carbocycles. The maximum atomic E-state index is 12.8. The molecule has 0 unspecified atom stereocenters. The number of fused-ring (bicyclic) bond motifs is 1. The lowest BCUT2D eigenvalue weighted by Gasteiger charge is -2.11. The molecule has 0 radical (unpaired) electrons. The van der Waals surface area contributed by atoms with Gasteiger partial charge in [-0.15, -0.1) is 0 Å². The summed E-state index contributed by atoms with van der Waals surface area (Å²) < 4.78 is 0. The van der Waals surface area contributed by atoms with Crippen LogP contribution in [0.25, 0.3) is 10.8 Å². The number of hydrogen-bond acceptors (Lipinski definition) is 2. The fraction of sp³-hybridized carbons (Fsp3) is 0.0400. The molecule has 2 amide bonds. The van der Waals surface area contributed by atoms with Crippen molar-refractivity contribution in [3.8, 4) is 0 Å². The van der Waals surface area contributed by atoms with Crippen LogP contribution in [0.1, 0.15) is 26.3 Å². The van der Waals surface area contributed by atoms with E-state index in [1.807, 2.05) is 67.6 Å². The van der Waals surface area contributed by atoms with Crippen LogP contribution in [0.5, 0.6) is 0 Å². The standard InChI is InChI=1S/C25H20N2O2/c1-17-8-2-4-13-21(17)24(28)26-19-11-7-12-20(16-19)27-25(29)23-15-6-10-18-9-3-5-14-22(18)23/h2-16H,1H3,(H,26,28)(H,27,29). The predicted molar refractivity (Wildman–Crippen MR) is 117 cm³/mol. The van der Waals surface area contributed by atoms with Crippen LogP contribution < -0.4 is 10.6 Å². The molecule has 0 fully saturated rings. The molecule has 0 aliphatic rings. The molecule has 0 aliphatic heterocycles. The van der Waals surface area contributed by atoms with Gasteiger partial charge in [0, 0.05) is 22.5 Å². The monoisotopic (exact) mass is 380 g/mol. The summed E-state index contributed by atoms with van der Waals surface area (Å²) in [5, 5.41) is 7.73. The van der Waals surface area contributed by atoms with E-state index in [9.17, 15) is 9.59 Å². The molecule has 0 atom stereocenters. The van der Waals surface area contributed by atoms with E-state index in [1.54, 1.807) is 30.3 Å². The summed E-state index contributed by atoms with van der Waals surface area (Å²) in [7, 11) is 0. The largest absolute Gasteiger partial charge is 0.322 e. The lowest BCUT2D eigenvalue weighted by atomic mass is 10.0. The highest BCUT2D eigenvalue weighted by atomic mass is 16.2. The Labute approximate surface area is 169 Å². The Bertz CT molecular complexity index is 1210. The van der Waals surface area contributed by atoms with E-state index in [1.165, 1.54) is 0 Å². The highest BCUT2D eigenvalue weighted by Gasteiger charge is 2.12. The van der Waals surface area contributed by atoms with Crippen LogP contribution in [0, 0.1) is 6.92 Å². The highest BCUT2D eigenvalue weighted by molar-refractivity contribution is 6.13. The molecule has 0 aromatic heterocycles. The van der Waals surface area contributed by atoms with Crippen molar-refractivity contribution in [3.05, 3.63) is 108 Å². The van der Waals surface area contributed by atoms with Crippen LogP contribution in [-0.2, 0) is 0 Å². The molecular weight excluding hydrogens is 360 g/mol. The second kappa shape index (κ2) is 7.98. The SMILES string of the molecule is Cc1ccccc1C(=O)Nc1cccc(NC(=O)c2cccc3ccccc23)c1. The zero-order valence-corrected chi connectivity index (χ0v) is 16.0. The Balaban J connectivity index is 1.54. The second-order valence-electron chi connectivity index (χ2n) is 6.83. The molecular formula is C25H20N2O2. The van der Waals surface area contributed by atoms with E-state index in [4.69, 9.17) is 0 Å². The molecule has 4 nitrogen and oxygen atoms in total. The highest BCUT2D eigenvalue weighted by Crippen LogP contribution is 2.21. The predicted octanol–water partition coefficient (Wildman–Crippen LogP) is 5.65. The number of rotatable bonds is 4. The van der Waals surface area contributed by atoms with Gasteiger partial charge in [-0.05, 0) is 53.6 Å². The van der Waals surface area contributed by atoms with Gasteiger partial charge in [0.25, 0.3) is 11.8 Å². The normalized spacial score (nSPS) is 10.5. The van der Waals surface area contributed by atoms with Crippen LogP contribution >= 0.6 is 0 Å². The second-order valence-corrected chi connectivity index (χ2v) is 6.83. The van der Waals surface area contributed by atoms with Crippen LogP contribution in [-0.4, -0.2) is 11.8 Å². The first-order valence-electron chi connectivity index (χ1n) is 9.38. The molecule has 29 heavy (non-hydrogen) atoms. The van der Waals surface area contributed by atoms with E-state index in [-0.39, 0.29) is 11.8 Å². The lowest BCUT2D eigenvalue weighted by molar-refractivity contribution is 0.102. The lowest BCUT2D eigenvalue weighted by Crippen LogP contribution is -2.15. The minimum atomic E-state index is -0.191. The third kappa shape index (κ3) is 4.01. The molecule has 0 bridgehead atoms. The van der Waals surface area contributed by atoms with Gasteiger partial charge in [0.2, 0.25) is 0 Å². The fourth-order valence-electron chi connectivity index (χ4n) is 3.32. The molecule has 4 heteroatoms. The average Bonchev–Trinajstić information content (AvgIpc) is 2.74.